The standard InChI is InChI=1S/C12H13BrN2O2/c1-3-15-7-14-11-9(12(16)17-4-2)5-8(13)6-10(11)15/h5-7H,3-4H2,1-2H3. The molecule has 1 aromatic heterocycles. The lowest BCUT2D eigenvalue weighted by Crippen LogP contribution is -2.05. The number of carbonyl (C=O) groups is 1. The first kappa shape index (κ1) is 12.1. The van der Waals surface area contributed by atoms with Crippen LogP contribution < -0.4 is 0 Å². The van der Waals surface area contributed by atoms with Gasteiger partial charge in [0.1, 0.15) is 5.52 Å². The van der Waals surface area contributed by atoms with E-state index in [0.29, 0.717) is 17.7 Å². The van der Waals surface area contributed by atoms with Gasteiger partial charge in [0.15, 0.2) is 0 Å². The number of esters is 1. The molecule has 0 bridgehead atoms. The molecule has 1 aromatic carbocycles. The zero-order valence-corrected chi connectivity index (χ0v) is 11.3. The van der Waals surface area contributed by atoms with E-state index in [1.165, 1.54) is 0 Å². The smallest absolute Gasteiger partial charge is 0.340 e. The summed E-state index contributed by atoms with van der Waals surface area (Å²) in [5.41, 5.74) is 2.13. The summed E-state index contributed by atoms with van der Waals surface area (Å²) in [6, 6.07) is 3.70. The normalized spacial score (nSPS) is 10.8. The third kappa shape index (κ3) is 2.20. The Balaban J connectivity index is 2.62. The lowest BCUT2D eigenvalue weighted by Gasteiger charge is -2.05. The highest BCUT2D eigenvalue weighted by Gasteiger charge is 2.15. The van der Waals surface area contributed by atoms with Gasteiger partial charge in [-0.15, -0.1) is 0 Å². The molecule has 0 aliphatic heterocycles. The van der Waals surface area contributed by atoms with Crippen LogP contribution in [0.1, 0.15) is 24.2 Å². The van der Waals surface area contributed by atoms with Gasteiger partial charge < -0.3 is 9.30 Å². The molecule has 0 radical (unpaired) electrons. The molecular formula is C12H13BrN2O2. The highest BCUT2D eigenvalue weighted by atomic mass is 79.9. The zero-order chi connectivity index (χ0) is 12.4. The van der Waals surface area contributed by atoms with E-state index in [2.05, 4.69) is 20.9 Å². The van der Waals surface area contributed by atoms with Gasteiger partial charge in [-0.25, -0.2) is 9.78 Å². The van der Waals surface area contributed by atoms with Crippen LogP contribution in [-0.2, 0) is 11.3 Å². The topological polar surface area (TPSA) is 44.1 Å². The Bertz CT molecular complexity index is 563. The largest absolute Gasteiger partial charge is 0.462 e. The highest BCUT2D eigenvalue weighted by Crippen LogP contribution is 2.24. The summed E-state index contributed by atoms with van der Waals surface area (Å²) in [5.74, 6) is -0.333. The molecule has 0 saturated heterocycles. The predicted molar refractivity (Wildman–Crippen MR) is 69.1 cm³/mol. The van der Waals surface area contributed by atoms with Crippen LogP contribution in [0, 0.1) is 0 Å². The van der Waals surface area contributed by atoms with Gasteiger partial charge in [0.2, 0.25) is 0 Å². The van der Waals surface area contributed by atoms with Crippen molar-refractivity contribution < 1.29 is 9.53 Å². The maximum Gasteiger partial charge on any atom is 0.340 e. The van der Waals surface area contributed by atoms with Crippen LogP contribution in [-0.4, -0.2) is 22.1 Å². The monoisotopic (exact) mass is 296 g/mol. The van der Waals surface area contributed by atoms with Crippen LogP contribution in [0.2, 0.25) is 0 Å². The first-order valence-electron chi connectivity index (χ1n) is 5.48. The minimum atomic E-state index is -0.333. The first-order valence-corrected chi connectivity index (χ1v) is 6.28. The average Bonchev–Trinajstić information content (AvgIpc) is 2.71. The van der Waals surface area contributed by atoms with Gasteiger partial charge in [-0.3, -0.25) is 0 Å². The Morgan fingerprint density at radius 1 is 1.47 bits per heavy atom. The number of benzene rings is 1. The van der Waals surface area contributed by atoms with E-state index < -0.39 is 0 Å². The number of ether oxygens (including phenoxy) is 1. The molecule has 5 heteroatoms. The van der Waals surface area contributed by atoms with E-state index in [4.69, 9.17) is 4.74 Å². The minimum Gasteiger partial charge on any atom is -0.462 e. The number of fused-ring (bicyclic) bond motifs is 1. The summed E-state index contributed by atoms with van der Waals surface area (Å²) in [4.78, 5) is 16.1. The summed E-state index contributed by atoms with van der Waals surface area (Å²) in [5, 5.41) is 0. The Hall–Kier alpha value is -1.36. The number of carbonyl (C=O) groups excluding carboxylic acids is 1. The van der Waals surface area contributed by atoms with E-state index in [1.807, 2.05) is 17.6 Å². The molecule has 4 nitrogen and oxygen atoms in total. The maximum atomic E-state index is 11.8. The number of hydrogen-bond donors (Lipinski definition) is 0. The molecule has 0 aliphatic rings. The quantitative estimate of drug-likeness (QED) is 0.818. The predicted octanol–water partition coefficient (Wildman–Crippen LogP) is 3.00. The zero-order valence-electron chi connectivity index (χ0n) is 9.74. The third-order valence-electron chi connectivity index (χ3n) is 2.53. The first-order chi connectivity index (χ1) is 8.17. The molecule has 1 heterocycles. The minimum absolute atomic E-state index is 0.333. The van der Waals surface area contributed by atoms with Gasteiger partial charge in [0.05, 0.1) is 24.0 Å². The van der Waals surface area contributed by atoms with Crippen molar-refractivity contribution in [1.29, 1.82) is 0 Å². The number of rotatable bonds is 3. The fraction of sp³-hybridized carbons (Fsp3) is 0.333. The van der Waals surface area contributed by atoms with Crippen molar-refractivity contribution in [2.24, 2.45) is 0 Å². The molecule has 0 atom stereocenters. The Labute approximate surface area is 108 Å². The molecule has 0 unspecified atom stereocenters. The molecule has 0 saturated carbocycles. The second-order valence-corrected chi connectivity index (χ2v) is 4.49. The van der Waals surface area contributed by atoms with Gasteiger partial charge in [0.25, 0.3) is 0 Å². The van der Waals surface area contributed by atoms with Gasteiger partial charge in [-0.1, -0.05) is 15.9 Å². The molecule has 0 fully saturated rings. The van der Waals surface area contributed by atoms with Gasteiger partial charge in [-0.05, 0) is 26.0 Å². The number of hydrogen-bond acceptors (Lipinski definition) is 3. The average molecular weight is 297 g/mol. The Morgan fingerprint density at radius 2 is 2.24 bits per heavy atom. The summed E-state index contributed by atoms with van der Waals surface area (Å²) in [7, 11) is 0. The van der Waals surface area contributed by atoms with Crippen LogP contribution in [0.4, 0.5) is 0 Å². The summed E-state index contributed by atoms with van der Waals surface area (Å²) in [6.07, 6.45) is 1.74. The summed E-state index contributed by atoms with van der Waals surface area (Å²) >= 11 is 3.40. The second-order valence-electron chi connectivity index (χ2n) is 3.57. The molecule has 17 heavy (non-hydrogen) atoms. The lowest BCUT2D eigenvalue weighted by atomic mass is 10.2. The SMILES string of the molecule is CCOC(=O)c1cc(Br)cc2c1ncn2CC. The Morgan fingerprint density at radius 3 is 2.88 bits per heavy atom. The molecule has 2 aromatic rings. The summed E-state index contributed by atoms with van der Waals surface area (Å²) in [6.45, 7) is 5.00. The fourth-order valence-electron chi connectivity index (χ4n) is 1.75. The van der Waals surface area contributed by atoms with Crippen molar-refractivity contribution in [1.82, 2.24) is 9.55 Å². The van der Waals surface area contributed by atoms with Crippen molar-refractivity contribution in [2.45, 2.75) is 20.4 Å². The summed E-state index contributed by atoms with van der Waals surface area (Å²) < 4.78 is 7.86. The highest BCUT2D eigenvalue weighted by molar-refractivity contribution is 9.10. The van der Waals surface area contributed by atoms with Crippen LogP contribution in [0.25, 0.3) is 11.0 Å². The van der Waals surface area contributed by atoms with E-state index >= 15 is 0 Å². The number of aromatic nitrogens is 2. The second kappa shape index (κ2) is 4.87. The molecule has 0 amide bonds. The molecular weight excluding hydrogens is 284 g/mol. The van der Waals surface area contributed by atoms with Gasteiger partial charge in [0, 0.05) is 11.0 Å². The van der Waals surface area contributed by atoms with E-state index in [0.717, 1.165) is 16.5 Å². The number of imidazole rings is 1. The molecule has 0 N–H and O–H groups in total. The number of nitrogens with zero attached hydrogens (tertiary/aromatic N) is 2. The van der Waals surface area contributed by atoms with Crippen molar-refractivity contribution in [3.63, 3.8) is 0 Å². The van der Waals surface area contributed by atoms with Crippen molar-refractivity contribution in [3.05, 3.63) is 28.5 Å². The lowest BCUT2D eigenvalue weighted by molar-refractivity contribution is 0.0528. The van der Waals surface area contributed by atoms with Crippen molar-refractivity contribution in [3.8, 4) is 0 Å². The van der Waals surface area contributed by atoms with Crippen LogP contribution in [0.15, 0.2) is 22.9 Å². The molecule has 0 aliphatic carbocycles. The van der Waals surface area contributed by atoms with Crippen molar-refractivity contribution in [2.75, 3.05) is 6.61 Å². The number of aryl methyl sites for hydroxylation is 1. The van der Waals surface area contributed by atoms with Crippen LogP contribution in [0.5, 0.6) is 0 Å². The van der Waals surface area contributed by atoms with Crippen LogP contribution in [0.3, 0.4) is 0 Å². The van der Waals surface area contributed by atoms with Gasteiger partial charge in [-0.2, -0.15) is 0 Å². The van der Waals surface area contributed by atoms with E-state index in [1.54, 1.807) is 19.3 Å². The van der Waals surface area contributed by atoms with Crippen LogP contribution >= 0.6 is 15.9 Å². The Kier molecular flexibility index (Phi) is 3.47. The van der Waals surface area contributed by atoms with Gasteiger partial charge >= 0.3 is 5.97 Å². The fourth-order valence-corrected chi connectivity index (χ4v) is 2.19. The van der Waals surface area contributed by atoms with E-state index in [-0.39, 0.29) is 5.97 Å². The maximum absolute atomic E-state index is 11.8. The number of halogens is 1. The molecule has 2 rings (SSSR count). The van der Waals surface area contributed by atoms with Crippen molar-refractivity contribution >= 4 is 32.9 Å². The van der Waals surface area contributed by atoms with E-state index in [9.17, 15) is 4.79 Å². The molecule has 90 valence electrons. The molecule has 0 spiro atoms. The third-order valence-corrected chi connectivity index (χ3v) is 2.98.